The standard InChI is InChI=1S/C23H27F5O/c1-2-3-4-5-15-6-8-16(9-7-15)17-10-11-19-18(12-17)13-20(24)22(21(19)25)29-14-23(26,27)28/h10-13,15-16H,2-9,14H2,1H3. The van der Waals surface area contributed by atoms with Gasteiger partial charge in [0, 0.05) is 5.39 Å². The lowest BCUT2D eigenvalue weighted by molar-refractivity contribution is -0.154. The summed E-state index contributed by atoms with van der Waals surface area (Å²) >= 11 is 0. The van der Waals surface area contributed by atoms with Crippen molar-refractivity contribution in [3.05, 3.63) is 41.5 Å². The quantitative estimate of drug-likeness (QED) is 0.330. The number of halogens is 5. The molecule has 6 heteroatoms. The predicted octanol–water partition coefficient (Wildman–Crippen LogP) is 7.91. The van der Waals surface area contributed by atoms with Crippen LogP contribution >= 0.6 is 0 Å². The number of alkyl halides is 3. The van der Waals surface area contributed by atoms with Gasteiger partial charge in [-0.1, -0.05) is 50.8 Å². The summed E-state index contributed by atoms with van der Waals surface area (Å²) in [5, 5.41) is 0.419. The van der Waals surface area contributed by atoms with Gasteiger partial charge in [-0.3, -0.25) is 0 Å². The first-order valence-corrected chi connectivity index (χ1v) is 10.4. The van der Waals surface area contributed by atoms with E-state index >= 15 is 0 Å². The molecule has 3 rings (SSSR count). The van der Waals surface area contributed by atoms with E-state index in [-0.39, 0.29) is 5.39 Å². The van der Waals surface area contributed by atoms with Crippen LogP contribution in [0.25, 0.3) is 10.8 Å². The maximum Gasteiger partial charge on any atom is 0.422 e. The van der Waals surface area contributed by atoms with Crippen LogP contribution in [0.15, 0.2) is 24.3 Å². The van der Waals surface area contributed by atoms with Gasteiger partial charge < -0.3 is 4.74 Å². The van der Waals surface area contributed by atoms with E-state index in [1.165, 1.54) is 44.6 Å². The number of hydrogen-bond acceptors (Lipinski definition) is 1. The average molecular weight is 414 g/mol. The van der Waals surface area contributed by atoms with Gasteiger partial charge in [0.05, 0.1) is 0 Å². The van der Waals surface area contributed by atoms with E-state index in [0.717, 1.165) is 30.4 Å². The second kappa shape index (κ2) is 9.31. The number of hydrogen-bond donors (Lipinski definition) is 0. The molecule has 160 valence electrons. The Labute approximate surface area is 168 Å². The smallest absolute Gasteiger partial charge is 0.422 e. The van der Waals surface area contributed by atoms with Gasteiger partial charge in [0.1, 0.15) is 0 Å². The van der Waals surface area contributed by atoms with Crippen molar-refractivity contribution in [1.82, 2.24) is 0 Å². The third-order valence-electron chi connectivity index (χ3n) is 5.92. The van der Waals surface area contributed by atoms with E-state index in [0.29, 0.717) is 11.3 Å². The molecular formula is C23H27F5O. The molecule has 0 atom stereocenters. The molecule has 0 radical (unpaired) electrons. The van der Waals surface area contributed by atoms with Crippen LogP contribution in [-0.4, -0.2) is 12.8 Å². The first-order chi connectivity index (χ1) is 13.8. The maximum absolute atomic E-state index is 14.5. The topological polar surface area (TPSA) is 9.23 Å². The molecule has 1 saturated carbocycles. The first-order valence-electron chi connectivity index (χ1n) is 10.4. The molecule has 0 aromatic heterocycles. The molecule has 29 heavy (non-hydrogen) atoms. The monoisotopic (exact) mass is 414 g/mol. The Balaban J connectivity index is 1.72. The molecule has 0 spiro atoms. The van der Waals surface area contributed by atoms with Crippen LogP contribution in [0.3, 0.4) is 0 Å². The molecule has 0 bridgehead atoms. The average Bonchev–Trinajstić information content (AvgIpc) is 2.67. The summed E-state index contributed by atoms with van der Waals surface area (Å²) < 4.78 is 70.1. The second-order valence-corrected chi connectivity index (χ2v) is 8.10. The lowest BCUT2D eigenvalue weighted by Gasteiger charge is -2.29. The number of ether oxygens (including phenoxy) is 1. The number of rotatable bonds is 7. The number of benzene rings is 2. The Morgan fingerprint density at radius 3 is 2.38 bits per heavy atom. The van der Waals surface area contributed by atoms with Crippen molar-refractivity contribution in [3.8, 4) is 5.75 Å². The van der Waals surface area contributed by atoms with Crippen molar-refractivity contribution in [1.29, 1.82) is 0 Å². The largest absolute Gasteiger partial charge is 0.478 e. The lowest BCUT2D eigenvalue weighted by Crippen LogP contribution is -2.20. The minimum absolute atomic E-state index is 0.0700. The van der Waals surface area contributed by atoms with Crippen molar-refractivity contribution < 1.29 is 26.7 Å². The first kappa shape index (κ1) is 21.8. The van der Waals surface area contributed by atoms with E-state index < -0.39 is 30.2 Å². The zero-order valence-corrected chi connectivity index (χ0v) is 16.6. The highest BCUT2D eigenvalue weighted by Gasteiger charge is 2.30. The highest BCUT2D eigenvalue weighted by Crippen LogP contribution is 2.39. The van der Waals surface area contributed by atoms with Crippen LogP contribution in [0.4, 0.5) is 22.0 Å². The summed E-state index contributed by atoms with van der Waals surface area (Å²) in [6, 6.07) is 6.15. The third-order valence-corrected chi connectivity index (χ3v) is 5.92. The minimum Gasteiger partial charge on any atom is -0.478 e. The summed E-state index contributed by atoms with van der Waals surface area (Å²) in [6.45, 7) is 0.472. The molecule has 1 fully saturated rings. The van der Waals surface area contributed by atoms with Crippen molar-refractivity contribution in [3.63, 3.8) is 0 Å². The Bertz CT molecular complexity index is 822. The third kappa shape index (κ3) is 5.61. The van der Waals surface area contributed by atoms with E-state index in [1.807, 2.05) is 0 Å². The van der Waals surface area contributed by atoms with Crippen molar-refractivity contribution in [2.24, 2.45) is 5.92 Å². The van der Waals surface area contributed by atoms with Crippen molar-refractivity contribution >= 4 is 10.8 Å². The van der Waals surface area contributed by atoms with Crippen LogP contribution in [0, 0.1) is 17.6 Å². The highest BCUT2D eigenvalue weighted by molar-refractivity contribution is 5.85. The summed E-state index contributed by atoms with van der Waals surface area (Å²) in [6.07, 6.45) is 4.83. The summed E-state index contributed by atoms with van der Waals surface area (Å²) in [5.74, 6) is -2.06. The maximum atomic E-state index is 14.5. The molecule has 0 unspecified atom stereocenters. The molecule has 2 aromatic carbocycles. The van der Waals surface area contributed by atoms with Gasteiger partial charge in [-0.25, -0.2) is 8.78 Å². The Morgan fingerprint density at radius 1 is 1.00 bits per heavy atom. The second-order valence-electron chi connectivity index (χ2n) is 8.10. The summed E-state index contributed by atoms with van der Waals surface area (Å²) in [4.78, 5) is 0. The molecule has 0 amide bonds. The minimum atomic E-state index is -4.66. The van der Waals surface area contributed by atoms with E-state index in [9.17, 15) is 22.0 Å². The number of unbranched alkanes of at least 4 members (excludes halogenated alkanes) is 2. The van der Waals surface area contributed by atoms with Gasteiger partial charge in [0.15, 0.2) is 24.0 Å². The fraction of sp³-hybridized carbons (Fsp3) is 0.565. The molecule has 0 aliphatic heterocycles. The fourth-order valence-electron chi connectivity index (χ4n) is 4.34. The highest BCUT2D eigenvalue weighted by atomic mass is 19.4. The van der Waals surface area contributed by atoms with Crippen LogP contribution < -0.4 is 4.74 Å². The lowest BCUT2D eigenvalue weighted by atomic mass is 9.77. The van der Waals surface area contributed by atoms with Gasteiger partial charge in [0.2, 0.25) is 0 Å². The zero-order chi connectivity index (χ0) is 21.0. The van der Waals surface area contributed by atoms with Gasteiger partial charge in [-0.2, -0.15) is 13.2 Å². The van der Waals surface area contributed by atoms with Crippen LogP contribution in [0.1, 0.15) is 69.8 Å². The van der Waals surface area contributed by atoms with Crippen LogP contribution in [0.5, 0.6) is 5.75 Å². The van der Waals surface area contributed by atoms with Crippen molar-refractivity contribution in [2.45, 2.75) is 70.4 Å². The molecule has 2 aromatic rings. The molecular weight excluding hydrogens is 387 g/mol. The summed E-state index contributed by atoms with van der Waals surface area (Å²) in [7, 11) is 0. The number of fused-ring (bicyclic) bond motifs is 1. The Hall–Kier alpha value is -1.85. The fourth-order valence-corrected chi connectivity index (χ4v) is 4.34. The van der Waals surface area contributed by atoms with E-state index in [4.69, 9.17) is 0 Å². The van der Waals surface area contributed by atoms with Gasteiger partial charge in [0.25, 0.3) is 0 Å². The van der Waals surface area contributed by atoms with E-state index in [2.05, 4.69) is 11.7 Å². The molecule has 0 saturated heterocycles. The molecule has 0 heterocycles. The van der Waals surface area contributed by atoms with E-state index in [1.54, 1.807) is 12.1 Å². The van der Waals surface area contributed by atoms with Crippen LogP contribution in [-0.2, 0) is 0 Å². The van der Waals surface area contributed by atoms with Gasteiger partial charge in [-0.05, 0) is 54.5 Å². The Kier molecular flexibility index (Phi) is 7.01. The predicted molar refractivity (Wildman–Crippen MR) is 104 cm³/mol. The van der Waals surface area contributed by atoms with Gasteiger partial charge >= 0.3 is 6.18 Å². The summed E-state index contributed by atoms with van der Waals surface area (Å²) in [5.41, 5.74) is 1.03. The van der Waals surface area contributed by atoms with Crippen molar-refractivity contribution in [2.75, 3.05) is 6.61 Å². The Morgan fingerprint density at radius 2 is 1.72 bits per heavy atom. The molecule has 1 nitrogen and oxygen atoms in total. The van der Waals surface area contributed by atoms with Gasteiger partial charge in [-0.15, -0.1) is 0 Å². The molecule has 1 aliphatic rings. The SMILES string of the molecule is CCCCCC1CCC(c2ccc3c(F)c(OCC(F)(F)F)c(F)cc3c2)CC1. The molecule has 0 N–H and O–H groups in total. The van der Waals surface area contributed by atoms with Crippen LogP contribution in [0.2, 0.25) is 0 Å². The zero-order valence-electron chi connectivity index (χ0n) is 16.6. The molecule has 1 aliphatic carbocycles. The normalized spacial score (nSPS) is 20.2.